The molecule has 0 aromatic carbocycles. The molecule has 0 aromatic rings. The van der Waals surface area contributed by atoms with Crippen LogP contribution in [0.4, 0.5) is 0 Å². The maximum absolute atomic E-state index is 2.73. The van der Waals surface area contributed by atoms with Crippen LogP contribution in [-0.2, 0) is 0 Å². The molecule has 18 heavy (non-hydrogen) atoms. The van der Waals surface area contributed by atoms with Gasteiger partial charge in [0.15, 0.2) is 0 Å². The minimum atomic E-state index is -0.863. The van der Waals surface area contributed by atoms with Gasteiger partial charge in [-0.2, -0.15) is 0 Å². The van der Waals surface area contributed by atoms with Gasteiger partial charge in [-0.3, -0.25) is 0 Å². The Kier molecular flexibility index (Phi) is 6.66. The van der Waals surface area contributed by atoms with E-state index in [0.29, 0.717) is 0 Å². The predicted octanol–water partition coefficient (Wildman–Crippen LogP) is 4.72. The van der Waals surface area contributed by atoms with Crippen molar-refractivity contribution >= 4 is 48.7 Å². The molecule has 0 spiro atoms. The van der Waals surface area contributed by atoms with Crippen LogP contribution in [0.3, 0.4) is 0 Å². The van der Waals surface area contributed by atoms with E-state index in [1.165, 1.54) is 0 Å². The van der Waals surface area contributed by atoms with Crippen molar-refractivity contribution in [2.75, 3.05) is 0 Å². The van der Waals surface area contributed by atoms with Crippen LogP contribution in [0.15, 0.2) is 0 Å². The summed E-state index contributed by atoms with van der Waals surface area (Å²) < 4.78 is 0. The van der Waals surface area contributed by atoms with Gasteiger partial charge in [0.25, 0.3) is 0 Å². The average Bonchev–Trinajstić information content (AvgIpc) is 1.89. The van der Waals surface area contributed by atoms with E-state index in [1.54, 1.807) is 0 Å². The Bertz CT molecular complexity index is 220. The molecular weight excluding hydrogens is 406 g/mol. The van der Waals surface area contributed by atoms with Gasteiger partial charge in [0.05, 0.1) is 0 Å². The first-order chi connectivity index (χ1) is 7.49. The van der Waals surface area contributed by atoms with E-state index in [4.69, 9.17) is 0 Å². The number of rotatable bonds is 5. The van der Waals surface area contributed by atoms with E-state index >= 15 is 0 Å². The molecular formula is C12H36As2Si4. The molecule has 0 aliphatic heterocycles. The molecule has 0 aliphatic carbocycles. The van der Waals surface area contributed by atoms with Crippen LogP contribution in [0.2, 0.25) is 78.6 Å². The van der Waals surface area contributed by atoms with Crippen LogP contribution >= 0.6 is 0 Å². The molecule has 0 fully saturated rings. The van der Waals surface area contributed by atoms with Gasteiger partial charge in [-0.25, -0.2) is 0 Å². The zero-order valence-corrected chi connectivity index (χ0v) is 22.6. The average molecular weight is 443 g/mol. The van der Waals surface area contributed by atoms with E-state index < -0.39 is 48.7 Å². The zero-order valence-electron chi connectivity index (χ0n) is 14.9. The molecule has 0 bridgehead atoms. The topological polar surface area (TPSA) is 0 Å². The second kappa shape index (κ2) is 6.00. The van der Waals surface area contributed by atoms with E-state index in [2.05, 4.69) is 78.6 Å². The van der Waals surface area contributed by atoms with Crippen molar-refractivity contribution in [2.45, 2.75) is 78.6 Å². The fourth-order valence-electron chi connectivity index (χ4n) is 3.21. The second-order valence-corrected chi connectivity index (χ2v) is 103. The molecule has 6 heteroatoms. The summed E-state index contributed by atoms with van der Waals surface area (Å²) in [6.45, 7) is 29.3. The third-order valence-corrected chi connectivity index (χ3v) is 209. The summed E-state index contributed by atoms with van der Waals surface area (Å²) in [5.41, 5.74) is 0. The number of hydrogen-bond acceptors (Lipinski definition) is 0. The zero-order chi connectivity index (χ0) is 15.2. The van der Waals surface area contributed by atoms with Gasteiger partial charge in [-0.05, 0) is 0 Å². The molecule has 0 saturated carbocycles. The van der Waals surface area contributed by atoms with Crippen molar-refractivity contribution in [3.8, 4) is 0 Å². The Morgan fingerprint density at radius 2 is 0.444 bits per heavy atom. The molecule has 0 heterocycles. The Hall–Kier alpha value is 1.98. The molecule has 0 atom stereocenters. The van der Waals surface area contributed by atoms with Crippen molar-refractivity contribution in [2.24, 2.45) is 0 Å². The van der Waals surface area contributed by atoms with Crippen LogP contribution < -0.4 is 0 Å². The monoisotopic (exact) mass is 442 g/mol. The Balaban J connectivity index is 5.84. The van der Waals surface area contributed by atoms with Gasteiger partial charge >= 0.3 is 127 Å². The van der Waals surface area contributed by atoms with Crippen LogP contribution in [0.1, 0.15) is 0 Å². The first-order valence-electron chi connectivity index (χ1n) is 7.09. The predicted molar refractivity (Wildman–Crippen MR) is 105 cm³/mol. The third kappa shape index (κ3) is 5.77. The molecule has 0 rings (SSSR count). The summed E-state index contributed by atoms with van der Waals surface area (Å²) >= 11 is -1.02. The summed E-state index contributed by atoms with van der Waals surface area (Å²) in [5, 5.41) is 0. The summed E-state index contributed by atoms with van der Waals surface area (Å²) in [5.74, 6) is 0. The van der Waals surface area contributed by atoms with Crippen LogP contribution in [0.25, 0.3) is 0 Å². The summed E-state index contributed by atoms with van der Waals surface area (Å²) in [4.78, 5) is 0. The van der Waals surface area contributed by atoms with Gasteiger partial charge in [0.2, 0.25) is 0 Å². The normalized spacial score (nSPS) is 15.7. The van der Waals surface area contributed by atoms with E-state index in [-0.39, 0.29) is 0 Å². The molecule has 0 saturated heterocycles. The fraction of sp³-hybridized carbons (Fsp3) is 1.00. The second-order valence-electron chi connectivity index (χ2n) is 9.31. The SMILES string of the molecule is C[Si](C)(C)[As]([As]([Si](C)(C)C)[Si](C)(C)C)[Si](C)(C)C. The quantitative estimate of drug-likeness (QED) is 0.541. The van der Waals surface area contributed by atoms with Gasteiger partial charge < -0.3 is 0 Å². The molecule has 0 aliphatic rings. The van der Waals surface area contributed by atoms with Crippen molar-refractivity contribution in [1.29, 1.82) is 0 Å². The van der Waals surface area contributed by atoms with Gasteiger partial charge in [-0.1, -0.05) is 0 Å². The van der Waals surface area contributed by atoms with Crippen LogP contribution in [0, 0.1) is 0 Å². The molecule has 0 unspecified atom stereocenters. The molecule has 0 amide bonds. The standard InChI is InChI=1S/C12H36As2Si4/c1-15(2,3)13(16(4,5)6)14(17(7,8)9)18(10,11)12/h1-12H3. The summed E-state index contributed by atoms with van der Waals surface area (Å²) in [7, 11) is 0. The molecule has 0 N–H and O–H groups in total. The van der Waals surface area contributed by atoms with Crippen LogP contribution in [-0.4, -0.2) is 48.7 Å². The minimum absolute atomic E-state index is 0.512. The first-order valence-corrected chi connectivity index (χ1v) is 37.3. The maximum atomic E-state index is 2.73. The van der Waals surface area contributed by atoms with E-state index in [9.17, 15) is 0 Å². The Labute approximate surface area is 126 Å². The van der Waals surface area contributed by atoms with Gasteiger partial charge in [0, 0.05) is 0 Å². The summed E-state index contributed by atoms with van der Waals surface area (Å²) in [6, 6.07) is 0. The Morgan fingerprint density at radius 1 is 0.333 bits per heavy atom. The number of hydrogen-bond donors (Lipinski definition) is 0. The van der Waals surface area contributed by atoms with Gasteiger partial charge in [-0.15, -0.1) is 0 Å². The molecule has 0 radical (unpaired) electrons. The fourth-order valence-corrected chi connectivity index (χ4v) is 386. The van der Waals surface area contributed by atoms with Crippen molar-refractivity contribution in [3.05, 3.63) is 0 Å². The van der Waals surface area contributed by atoms with Crippen molar-refractivity contribution < 1.29 is 0 Å². The van der Waals surface area contributed by atoms with Crippen molar-refractivity contribution in [3.63, 3.8) is 0 Å². The van der Waals surface area contributed by atoms with E-state index in [1.807, 2.05) is 0 Å². The molecule has 110 valence electrons. The summed E-state index contributed by atoms with van der Waals surface area (Å²) in [6.07, 6.45) is 0. The van der Waals surface area contributed by atoms with E-state index in [0.717, 1.165) is 0 Å². The molecule has 0 nitrogen and oxygen atoms in total. The Morgan fingerprint density at radius 3 is 0.500 bits per heavy atom. The van der Waals surface area contributed by atoms with Crippen LogP contribution in [0.5, 0.6) is 0 Å². The third-order valence-electron chi connectivity index (χ3n) is 2.74. The van der Waals surface area contributed by atoms with Crippen molar-refractivity contribution in [1.82, 2.24) is 0 Å². The first kappa shape index (κ1) is 20.0. The van der Waals surface area contributed by atoms with Gasteiger partial charge in [0.1, 0.15) is 0 Å². The molecule has 0 aromatic heterocycles.